The first-order valence-electron chi connectivity index (χ1n) is 5.79. The van der Waals surface area contributed by atoms with Crippen LogP contribution in [0.25, 0.3) is 0 Å². The number of thioether (sulfide) groups is 1. The molecule has 1 aromatic heterocycles. The van der Waals surface area contributed by atoms with Crippen LogP contribution in [0.5, 0.6) is 0 Å². The molecule has 2 aromatic rings. The number of aryl methyl sites for hydroxylation is 1. The van der Waals surface area contributed by atoms with Crippen LogP contribution in [0.4, 0.5) is 0 Å². The third kappa shape index (κ3) is 2.49. The molecule has 1 saturated carbocycles. The summed E-state index contributed by atoms with van der Waals surface area (Å²) in [5.41, 5.74) is 2.60. The highest BCUT2D eigenvalue weighted by Crippen LogP contribution is 2.36. The van der Waals surface area contributed by atoms with Gasteiger partial charge in [-0.1, -0.05) is 41.6 Å². The Morgan fingerprint density at radius 2 is 2.06 bits per heavy atom. The summed E-state index contributed by atoms with van der Waals surface area (Å²) in [6.07, 6.45) is 2.42. The van der Waals surface area contributed by atoms with E-state index in [1.165, 1.54) is 24.0 Å². The van der Waals surface area contributed by atoms with Crippen molar-refractivity contribution >= 4 is 11.8 Å². The summed E-state index contributed by atoms with van der Waals surface area (Å²) >= 11 is 1.71. The van der Waals surface area contributed by atoms with E-state index in [9.17, 15) is 0 Å². The maximum absolute atomic E-state index is 4.07. The van der Waals surface area contributed by atoms with Crippen molar-refractivity contribution in [3.8, 4) is 0 Å². The van der Waals surface area contributed by atoms with Crippen LogP contribution in [-0.2, 0) is 5.75 Å². The topological polar surface area (TPSA) is 43.6 Å². The molecular formula is C12H14N4S. The molecular weight excluding hydrogens is 232 g/mol. The van der Waals surface area contributed by atoms with Crippen molar-refractivity contribution in [2.45, 2.75) is 36.7 Å². The van der Waals surface area contributed by atoms with Gasteiger partial charge in [-0.15, -0.1) is 5.10 Å². The molecule has 0 radical (unpaired) electrons. The molecule has 0 aliphatic heterocycles. The second-order valence-corrected chi connectivity index (χ2v) is 5.35. The Kier molecular flexibility index (Phi) is 2.84. The summed E-state index contributed by atoms with van der Waals surface area (Å²) in [6.45, 7) is 2.10. The van der Waals surface area contributed by atoms with Crippen molar-refractivity contribution in [2.75, 3.05) is 0 Å². The molecule has 0 unspecified atom stereocenters. The fraction of sp³-hybridized carbons (Fsp3) is 0.417. The fourth-order valence-corrected chi connectivity index (χ4v) is 2.56. The van der Waals surface area contributed by atoms with Crippen molar-refractivity contribution in [1.29, 1.82) is 0 Å². The first kappa shape index (κ1) is 10.8. The summed E-state index contributed by atoms with van der Waals surface area (Å²) in [5, 5.41) is 12.8. The van der Waals surface area contributed by atoms with Crippen LogP contribution < -0.4 is 0 Å². The zero-order chi connectivity index (χ0) is 11.7. The van der Waals surface area contributed by atoms with Crippen molar-refractivity contribution in [2.24, 2.45) is 0 Å². The molecule has 1 heterocycles. The molecule has 3 rings (SSSR count). The Morgan fingerprint density at radius 1 is 1.29 bits per heavy atom. The molecule has 1 fully saturated rings. The molecule has 0 saturated heterocycles. The smallest absolute Gasteiger partial charge is 0.209 e. The highest BCUT2D eigenvalue weighted by molar-refractivity contribution is 7.98. The molecule has 1 aliphatic rings. The Bertz CT molecular complexity index is 501. The van der Waals surface area contributed by atoms with E-state index in [2.05, 4.69) is 46.7 Å². The minimum Gasteiger partial charge on any atom is -0.217 e. The summed E-state index contributed by atoms with van der Waals surface area (Å²) in [6, 6.07) is 9.14. The van der Waals surface area contributed by atoms with Crippen LogP contribution in [0.3, 0.4) is 0 Å². The van der Waals surface area contributed by atoms with Crippen LogP contribution in [0.1, 0.15) is 30.0 Å². The number of benzene rings is 1. The Balaban J connectivity index is 1.67. The highest BCUT2D eigenvalue weighted by Gasteiger charge is 2.27. The average Bonchev–Trinajstić information content (AvgIpc) is 3.08. The van der Waals surface area contributed by atoms with Gasteiger partial charge in [0.05, 0.1) is 6.04 Å². The number of aromatic nitrogens is 4. The second-order valence-electron chi connectivity index (χ2n) is 4.41. The van der Waals surface area contributed by atoms with Gasteiger partial charge in [0, 0.05) is 5.75 Å². The molecule has 0 amide bonds. The van der Waals surface area contributed by atoms with Gasteiger partial charge in [-0.05, 0) is 35.8 Å². The van der Waals surface area contributed by atoms with Gasteiger partial charge in [-0.2, -0.15) is 0 Å². The van der Waals surface area contributed by atoms with Gasteiger partial charge >= 0.3 is 0 Å². The van der Waals surface area contributed by atoms with Crippen LogP contribution in [-0.4, -0.2) is 20.2 Å². The number of nitrogens with zero attached hydrogens (tertiary/aromatic N) is 4. The van der Waals surface area contributed by atoms with E-state index in [1.807, 2.05) is 4.68 Å². The summed E-state index contributed by atoms with van der Waals surface area (Å²) in [7, 11) is 0. The number of hydrogen-bond acceptors (Lipinski definition) is 4. The molecule has 5 heteroatoms. The normalized spacial score (nSPS) is 15.1. The average molecular weight is 246 g/mol. The van der Waals surface area contributed by atoms with E-state index in [-0.39, 0.29) is 0 Å². The van der Waals surface area contributed by atoms with Crippen molar-refractivity contribution in [3.05, 3.63) is 35.4 Å². The predicted molar refractivity (Wildman–Crippen MR) is 66.8 cm³/mol. The van der Waals surface area contributed by atoms with Crippen LogP contribution in [0, 0.1) is 6.92 Å². The second kappa shape index (κ2) is 4.49. The van der Waals surface area contributed by atoms with Gasteiger partial charge in [-0.3, -0.25) is 0 Å². The number of tetrazole rings is 1. The minimum atomic E-state index is 0.547. The van der Waals surface area contributed by atoms with E-state index >= 15 is 0 Å². The molecule has 4 nitrogen and oxygen atoms in total. The van der Waals surface area contributed by atoms with Crippen LogP contribution in [0.2, 0.25) is 0 Å². The van der Waals surface area contributed by atoms with Gasteiger partial charge in [0.15, 0.2) is 0 Å². The lowest BCUT2D eigenvalue weighted by Crippen LogP contribution is -1.98. The zero-order valence-electron chi connectivity index (χ0n) is 9.71. The maximum atomic E-state index is 4.07. The molecule has 0 spiro atoms. The molecule has 0 atom stereocenters. The van der Waals surface area contributed by atoms with Crippen molar-refractivity contribution < 1.29 is 0 Å². The van der Waals surface area contributed by atoms with Crippen molar-refractivity contribution in [1.82, 2.24) is 20.2 Å². The molecule has 0 bridgehead atoms. The first-order valence-corrected chi connectivity index (χ1v) is 6.78. The Labute approximate surface area is 104 Å². The predicted octanol–water partition coefficient (Wildman–Crippen LogP) is 2.61. The van der Waals surface area contributed by atoms with E-state index in [1.54, 1.807) is 11.8 Å². The molecule has 1 aromatic carbocycles. The van der Waals surface area contributed by atoms with Gasteiger partial charge in [-0.25, -0.2) is 4.68 Å². The van der Waals surface area contributed by atoms with E-state index in [0.29, 0.717) is 6.04 Å². The lowest BCUT2D eigenvalue weighted by molar-refractivity contribution is 0.565. The van der Waals surface area contributed by atoms with Crippen LogP contribution >= 0.6 is 11.8 Å². The summed E-state index contributed by atoms with van der Waals surface area (Å²) < 4.78 is 1.96. The number of hydrogen-bond donors (Lipinski definition) is 0. The fourth-order valence-electron chi connectivity index (χ4n) is 1.66. The molecule has 1 aliphatic carbocycles. The van der Waals surface area contributed by atoms with E-state index in [4.69, 9.17) is 0 Å². The Morgan fingerprint density at radius 3 is 2.76 bits per heavy atom. The lowest BCUT2D eigenvalue weighted by Gasteiger charge is -2.02. The maximum Gasteiger partial charge on any atom is 0.209 e. The monoisotopic (exact) mass is 246 g/mol. The van der Waals surface area contributed by atoms with Crippen LogP contribution in [0.15, 0.2) is 29.4 Å². The minimum absolute atomic E-state index is 0.547. The van der Waals surface area contributed by atoms with Gasteiger partial charge in [0.25, 0.3) is 0 Å². The van der Waals surface area contributed by atoms with Crippen molar-refractivity contribution in [3.63, 3.8) is 0 Å². The van der Waals surface area contributed by atoms with Gasteiger partial charge in [0.1, 0.15) is 0 Å². The largest absolute Gasteiger partial charge is 0.217 e. The third-order valence-corrected chi connectivity index (χ3v) is 3.85. The first-order chi connectivity index (χ1) is 8.33. The third-order valence-electron chi connectivity index (χ3n) is 2.84. The highest BCUT2D eigenvalue weighted by atomic mass is 32.2. The lowest BCUT2D eigenvalue weighted by atomic mass is 10.2. The van der Waals surface area contributed by atoms with Gasteiger partial charge in [0.2, 0.25) is 5.16 Å². The summed E-state index contributed by atoms with van der Waals surface area (Å²) in [5.74, 6) is 0.924. The standard InChI is InChI=1S/C12H14N4S/c1-9-2-4-10(5-3-9)8-17-12-13-14-15-16(12)11-6-7-11/h2-5,11H,6-8H2,1H3. The molecule has 0 N–H and O–H groups in total. The van der Waals surface area contributed by atoms with E-state index in [0.717, 1.165) is 10.9 Å². The zero-order valence-corrected chi connectivity index (χ0v) is 10.5. The SMILES string of the molecule is Cc1ccc(CSc2nnnn2C2CC2)cc1. The quantitative estimate of drug-likeness (QED) is 0.778. The van der Waals surface area contributed by atoms with Gasteiger partial charge < -0.3 is 0 Å². The Hall–Kier alpha value is -1.36. The summed E-state index contributed by atoms with van der Waals surface area (Å²) in [4.78, 5) is 0. The number of rotatable bonds is 4. The molecule has 17 heavy (non-hydrogen) atoms. The van der Waals surface area contributed by atoms with E-state index < -0.39 is 0 Å². The molecule has 88 valence electrons.